The van der Waals surface area contributed by atoms with E-state index >= 15 is 0 Å². The average molecular weight is 380 g/mol. The van der Waals surface area contributed by atoms with Gasteiger partial charge in [-0.15, -0.1) is 5.10 Å². The van der Waals surface area contributed by atoms with Crippen molar-refractivity contribution in [1.29, 1.82) is 0 Å². The van der Waals surface area contributed by atoms with Crippen LogP contribution in [0, 0.1) is 0 Å². The minimum Gasteiger partial charge on any atom is -0.461 e. The van der Waals surface area contributed by atoms with E-state index < -0.39 is 0 Å². The second kappa shape index (κ2) is 7.43. The van der Waals surface area contributed by atoms with E-state index in [1.54, 1.807) is 48.8 Å². The van der Waals surface area contributed by atoms with Crippen LogP contribution >= 0.6 is 11.6 Å². The van der Waals surface area contributed by atoms with Crippen LogP contribution in [0.25, 0.3) is 11.6 Å². The van der Waals surface area contributed by atoms with Crippen LogP contribution in [0.15, 0.2) is 71.6 Å². The fourth-order valence-corrected chi connectivity index (χ4v) is 2.60. The Hall–Kier alpha value is -3.45. The SMILES string of the molecule is O=C(c1ccncc1)n1nc(-c2ccco2)nc1NCc1ccc(Cl)cc1. The Bertz CT molecular complexity index is 1040. The van der Waals surface area contributed by atoms with E-state index in [0.29, 0.717) is 34.7 Å². The number of hydrogen-bond acceptors (Lipinski definition) is 6. The first-order valence-corrected chi connectivity index (χ1v) is 8.52. The fraction of sp³-hybridized carbons (Fsp3) is 0.0526. The predicted octanol–water partition coefficient (Wildman–Crippen LogP) is 3.89. The lowest BCUT2D eigenvalue weighted by molar-refractivity contribution is 0.0947. The van der Waals surface area contributed by atoms with Crippen LogP contribution in [-0.4, -0.2) is 25.7 Å². The third-order valence-corrected chi connectivity index (χ3v) is 4.08. The Morgan fingerprint density at radius 2 is 1.89 bits per heavy atom. The van der Waals surface area contributed by atoms with Crippen molar-refractivity contribution in [2.45, 2.75) is 6.54 Å². The van der Waals surface area contributed by atoms with Crippen molar-refractivity contribution in [3.63, 3.8) is 0 Å². The second-order valence-electron chi connectivity index (χ2n) is 5.67. The lowest BCUT2D eigenvalue weighted by Crippen LogP contribution is -2.17. The van der Waals surface area contributed by atoms with Gasteiger partial charge in [-0.05, 0) is 42.0 Å². The number of aromatic nitrogens is 4. The highest BCUT2D eigenvalue weighted by Crippen LogP contribution is 2.20. The van der Waals surface area contributed by atoms with Gasteiger partial charge in [0.05, 0.1) is 6.26 Å². The quantitative estimate of drug-likeness (QED) is 0.566. The van der Waals surface area contributed by atoms with Crippen molar-refractivity contribution >= 4 is 23.5 Å². The second-order valence-corrected chi connectivity index (χ2v) is 6.11. The summed E-state index contributed by atoms with van der Waals surface area (Å²) in [7, 11) is 0. The minimum absolute atomic E-state index is 0.318. The van der Waals surface area contributed by atoms with Gasteiger partial charge in [0.1, 0.15) is 0 Å². The molecule has 3 aromatic heterocycles. The highest BCUT2D eigenvalue weighted by molar-refractivity contribution is 6.30. The first kappa shape index (κ1) is 17.0. The molecule has 8 heteroatoms. The molecule has 0 radical (unpaired) electrons. The van der Waals surface area contributed by atoms with E-state index in [2.05, 4.69) is 20.4 Å². The zero-order chi connectivity index (χ0) is 18.6. The smallest absolute Gasteiger partial charge is 0.281 e. The maximum atomic E-state index is 12.9. The molecule has 0 amide bonds. The standard InChI is InChI=1S/C19H14ClN5O2/c20-15-5-3-13(4-6-15)12-22-19-23-17(16-2-1-11-27-16)24-25(19)18(26)14-7-9-21-10-8-14/h1-11H,12H2,(H,22,23,24). The van der Waals surface area contributed by atoms with Crippen molar-refractivity contribution < 1.29 is 9.21 Å². The van der Waals surface area contributed by atoms with Crippen LogP contribution in [0.3, 0.4) is 0 Å². The first-order chi connectivity index (χ1) is 13.2. The summed E-state index contributed by atoms with van der Waals surface area (Å²) < 4.78 is 6.57. The van der Waals surface area contributed by atoms with Crippen LogP contribution in [0.5, 0.6) is 0 Å². The van der Waals surface area contributed by atoms with Gasteiger partial charge < -0.3 is 9.73 Å². The van der Waals surface area contributed by atoms with Gasteiger partial charge in [-0.25, -0.2) is 0 Å². The molecule has 134 valence electrons. The van der Waals surface area contributed by atoms with Gasteiger partial charge in [0.25, 0.3) is 5.91 Å². The van der Waals surface area contributed by atoms with Gasteiger partial charge in [-0.2, -0.15) is 9.67 Å². The number of carbonyl (C=O) groups excluding carboxylic acids is 1. The molecular formula is C19H14ClN5O2. The first-order valence-electron chi connectivity index (χ1n) is 8.15. The Labute approximate surface area is 159 Å². The Morgan fingerprint density at radius 3 is 2.59 bits per heavy atom. The number of benzene rings is 1. The lowest BCUT2D eigenvalue weighted by atomic mass is 10.2. The third kappa shape index (κ3) is 3.73. The molecule has 0 saturated heterocycles. The molecule has 27 heavy (non-hydrogen) atoms. The van der Waals surface area contributed by atoms with Crippen LogP contribution in [0.4, 0.5) is 5.95 Å². The number of rotatable bonds is 5. The van der Waals surface area contributed by atoms with Crippen molar-refractivity contribution in [3.05, 3.63) is 83.3 Å². The molecule has 0 aliphatic carbocycles. The van der Waals surface area contributed by atoms with E-state index in [1.807, 2.05) is 12.1 Å². The van der Waals surface area contributed by atoms with Crippen LogP contribution in [0.1, 0.15) is 15.9 Å². The summed E-state index contributed by atoms with van der Waals surface area (Å²) in [6.45, 7) is 0.455. The van der Waals surface area contributed by atoms with Gasteiger partial charge >= 0.3 is 0 Å². The molecule has 0 saturated carbocycles. The lowest BCUT2D eigenvalue weighted by Gasteiger charge is -2.07. The summed E-state index contributed by atoms with van der Waals surface area (Å²) in [6, 6.07) is 14.1. The number of nitrogens with one attached hydrogen (secondary N) is 1. The monoisotopic (exact) mass is 379 g/mol. The largest absolute Gasteiger partial charge is 0.461 e. The number of carbonyl (C=O) groups is 1. The Balaban J connectivity index is 1.66. The molecule has 4 rings (SSSR count). The Kier molecular flexibility index (Phi) is 4.67. The molecule has 0 aliphatic rings. The summed E-state index contributed by atoms with van der Waals surface area (Å²) >= 11 is 5.92. The minimum atomic E-state index is -0.318. The molecule has 4 aromatic rings. The molecule has 1 aromatic carbocycles. The Morgan fingerprint density at radius 1 is 1.11 bits per heavy atom. The van der Waals surface area contributed by atoms with Crippen molar-refractivity contribution in [3.8, 4) is 11.6 Å². The number of nitrogens with zero attached hydrogens (tertiary/aromatic N) is 4. The van der Waals surface area contributed by atoms with E-state index in [0.717, 1.165) is 5.56 Å². The summed E-state index contributed by atoms with van der Waals surface area (Å²) in [4.78, 5) is 21.2. The molecule has 0 aliphatic heterocycles. The summed E-state index contributed by atoms with van der Waals surface area (Å²) in [5.74, 6) is 0.798. The maximum Gasteiger partial charge on any atom is 0.281 e. The van der Waals surface area contributed by atoms with E-state index in [1.165, 1.54) is 10.9 Å². The van der Waals surface area contributed by atoms with Crippen molar-refractivity contribution in [1.82, 2.24) is 19.7 Å². The number of anilines is 1. The van der Waals surface area contributed by atoms with Crippen LogP contribution in [-0.2, 0) is 6.54 Å². The number of pyridine rings is 1. The molecule has 3 heterocycles. The van der Waals surface area contributed by atoms with Gasteiger partial charge in [0.15, 0.2) is 5.76 Å². The normalized spacial score (nSPS) is 10.7. The van der Waals surface area contributed by atoms with Crippen LogP contribution < -0.4 is 5.32 Å². The van der Waals surface area contributed by atoms with Crippen LogP contribution in [0.2, 0.25) is 5.02 Å². The number of furan rings is 1. The van der Waals surface area contributed by atoms with Gasteiger partial charge in [-0.1, -0.05) is 23.7 Å². The summed E-state index contributed by atoms with van der Waals surface area (Å²) in [5.41, 5.74) is 1.44. The van der Waals surface area contributed by atoms with E-state index in [9.17, 15) is 4.79 Å². The molecule has 0 fully saturated rings. The molecule has 0 spiro atoms. The highest BCUT2D eigenvalue weighted by atomic mass is 35.5. The summed E-state index contributed by atoms with van der Waals surface area (Å²) in [5, 5.41) is 8.13. The molecule has 0 unspecified atom stereocenters. The van der Waals surface area contributed by atoms with Gasteiger partial charge in [-0.3, -0.25) is 9.78 Å². The topological polar surface area (TPSA) is 85.8 Å². The zero-order valence-electron chi connectivity index (χ0n) is 14.0. The molecule has 0 bridgehead atoms. The number of halogens is 1. The molecular weight excluding hydrogens is 366 g/mol. The zero-order valence-corrected chi connectivity index (χ0v) is 14.8. The maximum absolute atomic E-state index is 12.9. The predicted molar refractivity (Wildman–Crippen MR) is 100 cm³/mol. The van der Waals surface area contributed by atoms with Gasteiger partial charge in [0, 0.05) is 29.5 Å². The fourth-order valence-electron chi connectivity index (χ4n) is 2.48. The van der Waals surface area contributed by atoms with Crippen molar-refractivity contribution in [2.75, 3.05) is 5.32 Å². The van der Waals surface area contributed by atoms with E-state index in [-0.39, 0.29) is 5.91 Å². The molecule has 7 nitrogen and oxygen atoms in total. The third-order valence-electron chi connectivity index (χ3n) is 3.83. The van der Waals surface area contributed by atoms with Gasteiger partial charge in [0.2, 0.25) is 11.8 Å². The highest BCUT2D eigenvalue weighted by Gasteiger charge is 2.19. The average Bonchev–Trinajstić information content (AvgIpc) is 3.37. The molecule has 0 atom stereocenters. The van der Waals surface area contributed by atoms with Crippen molar-refractivity contribution in [2.24, 2.45) is 0 Å². The van der Waals surface area contributed by atoms with E-state index in [4.69, 9.17) is 16.0 Å². The molecule has 1 N–H and O–H groups in total. The summed E-state index contributed by atoms with van der Waals surface area (Å²) in [6.07, 6.45) is 4.64. The number of hydrogen-bond donors (Lipinski definition) is 1.